The van der Waals surface area contributed by atoms with Crippen LogP contribution < -0.4 is 5.32 Å². The SMILES string of the molecule is CN1CCC(CNc2nc(CCC(=O)O)cs2)CC1. The van der Waals surface area contributed by atoms with E-state index in [0.29, 0.717) is 6.42 Å². The molecule has 0 spiro atoms. The van der Waals surface area contributed by atoms with E-state index in [-0.39, 0.29) is 6.42 Å². The number of aromatic nitrogens is 1. The number of hydrogen-bond donors (Lipinski definition) is 2. The number of carbonyl (C=O) groups is 1. The van der Waals surface area contributed by atoms with Crippen LogP contribution in [-0.2, 0) is 11.2 Å². The maximum Gasteiger partial charge on any atom is 0.303 e. The molecule has 0 bridgehead atoms. The lowest BCUT2D eigenvalue weighted by atomic mass is 9.97. The van der Waals surface area contributed by atoms with Crippen molar-refractivity contribution in [3.8, 4) is 0 Å². The normalized spacial score (nSPS) is 17.5. The molecule has 0 saturated carbocycles. The van der Waals surface area contributed by atoms with Crippen LogP contribution in [-0.4, -0.2) is 47.6 Å². The second-order valence-corrected chi connectivity index (χ2v) is 6.02. The summed E-state index contributed by atoms with van der Waals surface area (Å²) < 4.78 is 0. The molecule has 0 atom stereocenters. The van der Waals surface area contributed by atoms with E-state index in [1.165, 1.54) is 25.9 Å². The molecule has 1 fully saturated rings. The third kappa shape index (κ3) is 4.80. The molecule has 6 heteroatoms. The Morgan fingerprint density at radius 3 is 3.00 bits per heavy atom. The number of aliphatic carboxylic acids is 1. The summed E-state index contributed by atoms with van der Waals surface area (Å²) in [5.74, 6) is -0.0450. The summed E-state index contributed by atoms with van der Waals surface area (Å²) in [6, 6.07) is 0. The highest BCUT2D eigenvalue weighted by Crippen LogP contribution is 2.20. The van der Waals surface area contributed by atoms with Crippen molar-refractivity contribution in [2.75, 3.05) is 32.0 Å². The predicted molar refractivity (Wildman–Crippen MR) is 76.8 cm³/mol. The van der Waals surface area contributed by atoms with Gasteiger partial charge in [-0.05, 0) is 38.9 Å². The summed E-state index contributed by atoms with van der Waals surface area (Å²) in [7, 11) is 2.17. The van der Waals surface area contributed by atoms with Gasteiger partial charge in [0.2, 0.25) is 0 Å². The minimum atomic E-state index is -0.770. The quantitative estimate of drug-likeness (QED) is 0.835. The molecule has 106 valence electrons. The van der Waals surface area contributed by atoms with Crippen LogP contribution in [0.15, 0.2) is 5.38 Å². The van der Waals surface area contributed by atoms with E-state index in [2.05, 4.69) is 22.2 Å². The van der Waals surface area contributed by atoms with Crippen molar-refractivity contribution < 1.29 is 9.90 Å². The molecule has 0 radical (unpaired) electrons. The zero-order valence-corrected chi connectivity index (χ0v) is 12.1. The summed E-state index contributed by atoms with van der Waals surface area (Å²) >= 11 is 1.56. The number of hydrogen-bond acceptors (Lipinski definition) is 5. The predicted octanol–water partition coefficient (Wildman–Crippen LogP) is 1.91. The fourth-order valence-corrected chi connectivity index (χ4v) is 2.99. The monoisotopic (exact) mass is 283 g/mol. The zero-order valence-electron chi connectivity index (χ0n) is 11.3. The Labute approximate surface area is 117 Å². The lowest BCUT2D eigenvalue weighted by Crippen LogP contribution is -2.32. The van der Waals surface area contributed by atoms with Crippen molar-refractivity contribution in [2.45, 2.75) is 25.7 Å². The summed E-state index contributed by atoms with van der Waals surface area (Å²) in [6.07, 6.45) is 3.14. The molecule has 1 saturated heterocycles. The maximum absolute atomic E-state index is 10.5. The van der Waals surface area contributed by atoms with Gasteiger partial charge in [-0.15, -0.1) is 11.3 Å². The number of likely N-dealkylation sites (tertiary alicyclic amines) is 1. The number of carboxylic acids is 1. The lowest BCUT2D eigenvalue weighted by Gasteiger charge is -2.28. The smallest absolute Gasteiger partial charge is 0.303 e. The minimum Gasteiger partial charge on any atom is -0.481 e. The second-order valence-electron chi connectivity index (χ2n) is 5.17. The van der Waals surface area contributed by atoms with Crippen molar-refractivity contribution in [2.24, 2.45) is 5.92 Å². The molecule has 1 aliphatic rings. The van der Waals surface area contributed by atoms with E-state index in [1.807, 2.05) is 5.38 Å². The highest BCUT2D eigenvalue weighted by molar-refractivity contribution is 7.13. The Morgan fingerprint density at radius 1 is 1.58 bits per heavy atom. The number of aryl methyl sites for hydroxylation is 1. The molecule has 0 amide bonds. The van der Waals surface area contributed by atoms with Gasteiger partial charge in [-0.1, -0.05) is 0 Å². The number of piperidine rings is 1. The molecule has 2 heterocycles. The molecule has 0 aliphatic carbocycles. The van der Waals surface area contributed by atoms with Gasteiger partial charge in [-0.25, -0.2) is 4.98 Å². The van der Waals surface area contributed by atoms with Gasteiger partial charge < -0.3 is 15.3 Å². The van der Waals surface area contributed by atoms with Crippen molar-refractivity contribution in [3.05, 3.63) is 11.1 Å². The van der Waals surface area contributed by atoms with Crippen LogP contribution in [0, 0.1) is 5.92 Å². The molecule has 2 rings (SSSR count). The maximum atomic E-state index is 10.5. The van der Waals surface area contributed by atoms with Gasteiger partial charge in [0.05, 0.1) is 12.1 Å². The first kappa shape index (κ1) is 14.3. The summed E-state index contributed by atoms with van der Waals surface area (Å²) in [5, 5.41) is 14.9. The van der Waals surface area contributed by atoms with Gasteiger partial charge >= 0.3 is 5.97 Å². The lowest BCUT2D eigenvalue weighted by molar-refractivity contribution is -0.136. The first-order valence-electron chi connectivity index (χ1n) is 6.72. The molecule has 1 aromatic rings. The first-order valence-corrected chi connectivity index (χ1v) is 7.60. The molecular formula is C13H21N3O2S. The number of nitrogens with one attached hydrogen (secondary N) is 1. The van der Waals surface area contributed by atoms with Crippen LogP contribution in [0.1, 0.15) is 25.0 Å². The van der Waals surface area contributed by atoms with E-state index in [1.54, 1.807) is 11.3 Å². The second kappa shape index (κ2) is 6.86. The number of anilines is 1. The fourth-order valence-electron chi connectivity index (χ4n) is 2.24. The Kier molecular flexibility index (Phi) is 5.15. The van der Waals surface area contributed by atoms with Crippen LogP contribution in [0.5, 0.6) is 0 Å². The summed E-state index contributed by atoms with van der Waals surface area (Å²) in [6.45, 7) is 3.32. The molecular weight excluding hydrogens is 262 g/mol. The van der Waals surface area contributed by atoms with E-state index < -0.39 is 5.97 Å². The molecule has 0 unspecified atom stereocenters. The van der Waals surface area contributed by atoms with Crippen molar-refractivity contribution in [1.29, 1.82) is 0 Å². The summed E-state index contributed by atoms with van der Waals surface area (Å²) in [5.41, 5.74) is 0.873. The molecule has 1 aliphatic heterocycles. The van der Waals surface area contributed by atoms with Crippen molar-refractivity contribution in [1.82, 2.24) is 9.88 Å². The van der Waals surface area contributed by atoms with Crippen molar-refractivity contribution >= 4 is 22.4 Å². The average Bonchev–Trinajstić information content (AvgIpc) is 2.84. The Bertz CT molecular complexity index is 414. The average molecular weight is 283 g/mol. The van der Waals surface area contributed by atoms with Crippen LogP contribution in [0.25, 0.3) is 0 Å². The minimum absolute atomic E-state index is 0.151. The first-order chi connectivity index (χ1) is 9.13. The van der Waals surface area contributed by atoms with E-state index in [9.17, 15) is 4.79 Å². The molecule has 19 heavy (non-hydrogen) atoms. The Hall–Kier alpha value is -1.14. The Morgan fingerprint density at radius 2 is 2.32 bits per heavy atom. The fraction of sp³-hybridized carbons (Fsp3) is 0.692. The van der Waals surface area contributed by atoms with Gasteiger partial charge in [0.1, 0.15) is 0 Å². The largest absolute Gasteiger partial charge is 0.481 e. The third-order valence-corrected chi connectivity index (χ3v) is 4.38. The molecule has 1 aromatic heterocycles. The van der Waals surface area contributed by atoms with E-state index in [4.69, 9.17) is 5.11 Å². The van der Waals surface area contributed by atoms with Gasteiger partial charge in [-0.2, -0.15) is 0 Å². The summed E-state index contributed by atoms with van der Waals surface area (Å²) in [4.78, 5) is 17.3. The molecule has 5 nitrogen and oxygen atoms in total. The van der Waals surface area contributed by atoms with Gasteiger partial charge in [0, 0.05) is 18.3 Å². The van der Waals surface area contributed by atoms with Crippen LogP contribution in [0.2, 0.25) is 0 Å². The topological polar surface area (TPSA) is 65.5 Å². The van der Waals surface area contributed by atoms with Gasteiger partial charge in [0.15, 0.2) is 5.13 Å². The van der Waals surface area contributed by atoms with E-state index >= 15 is 0 Å². The van der Waals surface area contributed by atoms with E-state index in [0.717, 1.165) is 23.3 Å². The Balaban J connectivity index is 1.72. The number of thiazole rings is 1. The standard InChI is InChI=1S/C13H21N3O2S/c1-16-6-4-10(5-7-16)8-14-13-15-11(9-19-13)2-3-12(17)18/h9-10H,2-8H2,1H3,(H,14,15)(H,17,18). The van der Waals surface area contributed by atoms with Crippen molar-refractivity contribution in [3.63, 3.8) is 0 Å². The molecule has 2 N–H and O–H groups in total. The van der Waals surface area contributed by atoms with Crippen LogP contribution in [0.3, 0.4) is 0 Å². The third-order valence-electron chi connectivity index (χ3n) is 3.53. The number of carboxylic acid groups (broad SMARTS) is 1. The number of nitrogens with zero attached hydrogens (tertiary/aromatic N) is 2. The zero-order chi connectivity index (χ0) is 13.7. The highest BCUT2D eigenvalue weighted by atomic mass is 32.1. The van der Waals surface area contributed by atoms with Crippen LogP contribution >= 0.6 is 11.3 Å². The van der Waals surface area contributed by atoms with Gasteiger partial charge in [-0.3, -0.25) is 4.79 Å². The highest BCUT2D eigenvalue weighted by Gasteiger charge is 2.16. The number of rotatable bonds is 6. The van der Waals surface area contributed by atoms with Crippen LogP contribution in [0.4, 0.5) is 5.13 Å². The molecule has 0 aromatic carbocycles. The van der Waals surface area contributed by atoms with Gasteiger partial charge in [0.25, 0.3) is 0 Å².